The van der Waals surface area contributed by atoms with Gasteiger partial charge in [-0.15, -0.1) is 0 Å². The first-order chi connectivity index (χ1) is 14.0. The molecule has 0 aliphatic carbocycles. The number of nitrogens with zero attached hydrogens (tertiary/aromatic N) is 6. The highest BCUT2D eigenvalue weighted by Gasteiger charge is 2.31. The van der Waals surface area contributed by atoms with Crippen molar-refractivity contribution in [2.45, 2.75) is 19.5 Å². The number of hydrogen-bond acceptors (Lipinski definition) is 7. The molecule has 146 valence electrons. The van der Waals surface area contributed by atoms with E-state index in [-0.39, 0.29) is 5.91 Å². The van der Waals surface area contributed by atoms with Gasteiger partial charge in [0.2, 0.25) is 0 Å². The van der Waals surface area contributed by atoms with Crippen LogP contribution < -0.4 is 14.4 Å². The summed E-state index contributed by atoms with van der Waals surface area (Å²) in [5, 5.41) is 13.2. The smallest absolute Gasteiger partial charge is 0.260 e. The minimum Gasteiger partial charge on any atom is -0.491 e. The van der Waals surface area contributed by atoms with Gasteiger partial charge in [0.15, 0.2) is 5.75 Å². The van der Waals surface area contributed by atoms with E-state index < -0.39 is 6.04 Å². The molecule has 3 aromatic rings. The SMILES string of the molecule is COc1cc(-c2ccc3c(n2)CN(c2cnn([C@H](C)C#N)c2)C3=O)cnc1OC. The summed E-state index contributed by atoms with van der Waals surface area (Å²) in [5.41, 5.74) is 3.28. The Morgan fingerprint density at radius 3 is 2.79 bits per heavy atom. The topological polar surface area (TPSA) is 106 Å². The van der Waals surface area contributed by atoms with Gasteiger partial charge in [0.25, 0.3) is 11.8 Å². The van der Waals surface area contributed by atoms with Crippen LogP contribution in [-0.4, -0.2) is 39.9 Å². The lowest BCUT2D eigenvalue weighted by atomic mass is 10.1. The molecule has 3 aromatic heterocycles. The number of amides is 1. The molecule has 0 spiro atoms. The van der Waals surface area contributed by atoms with Crippen molar-refractivity contribution < 1.29 is 14.3 Å². The second kappa shape index (κ2) is 7.24. The summed E-state index contributed by atoms with van der Waals surface area (Å²) >= 11 is 0. The zero-order valence-electron chi connectivity index (χ0n) is 16.2. The van der Waals surface area contributed by atoms with Crippen LogP contribution in [0.5, 0.6) is 11.6 Å². The number of fused-ring (bicyclic) bond motifs is 1. The van der Waals surface area contributed by atoms with Crippen LogP contribution in [0, 0.1) is 11.3 Å². The van der Waals surface area contributed by atoms with Crippen LogP contribution in [0.2, 0.25) is 0 Å². The lowest BCUT2D eigenvalue weighted by molar-refractivity contribution is 0.0996. The normalized spacial score (nSPS) is 13.7. The van der Waals surface area contributed by atoms with E-state index in [1.165, 1.54) is 11.8 Å². The molecule has 0 aromatic carbocycles. The maximum atomic E-state index is 12.8. The quantitative estimate of drug-likeness (QED) is 0.659. The van der Waals surface area contributed by atoms with E-state index in [4.69, 9.17) is 14.7 Å². The van der Waals surface area contributed by atoms with Crippen molar-refractivity contribution in [3.05, 3.63) is 48.0 Å². The van der Waals surface area contributed by atoms with Gasteiger partial charge in [-0.25, -0.2) is 4.98 Å². The number of methoxy groups -OCH3 is 2. The molecule has 0 saturated heterocycles. The molecule has 1 amide bonds. The van der Waals surface area contributed by atoms with Crippen LogP contribution >= 0.6 is 0 Å². The van der Waals surface area contributed by atoms with Crippen molar-refractivity contribution in [1.29, 1.82) is 5.26 Å². The minimum atomic E-state index is -0.411. The summed E-state index contributed by atoms with van der Waals surface area (Å²) in [6, 6.07) is 7.04. The summed E-state index contributed by atoms with van der Waals surface area (Å²) in [6.07, 6.45) is 4.92. The summed E-state index contributed by atoms with van der Waals surface area (Å²) in [5.74, 6) is 0.750. The molecule has 0 N–H and O–H groups in total. The fourth-order valence-electron chi connectivity index (χ4n) is 3.16. The molecule has 0 unspecified atom stereocenters. The van der Waals surface area contributed by atoms with Crippen molar-refractivity contribution in [3.63, 3.8) is 0 Å². The highest BCUT2D eigenvalue weighted by atomic mass is 16.5. The molecular formula is C20H18N6O3. The standard InChI is InChI=1S/C20H18N6O3/c1-12(7-21)26-10-14(9-23-26)25-11-17-15(20(25)27)4-5-16(24-17)13-6-18(28-2)19(29-3)22-8-13/h4-6,8-10,12H,11H2,1-3H3/t12-/m1/s1. The first-order valence-electron chi connectivity index (χ1n) is 8.89. The van der Waals surface area contributed by atoms with Gasteiger partial charge in [-0.05, 0) is 25.1 Å². The number of nitriles is 1. The van der Waals surface area contributed by atoms with E-state index in [1.54, 1.807) is 55.7 Å². The largest absolute Gasteiger partial charge is 0.491 e. The third-order valence-corrected chi connectivity index (χ3v) is 4.77. The molecule has 4 rings (SSSR count). The van der Waals surface area contributed by atoms with Gasteiger partial charge in [0.1, 0.15) is 6.04 Å². The van der Waals surface area contributed by atoms with Crippen LogP contribution in [0.25, 0.3) is 11.3 Å². The van der Waals surface area contributed by atoms with Crippen molar-refractivity contribution in [1.82, 2.24) is 19.7 Å². The van der Waals surface area contributed by atoms with E-state index in [9.17, 15) is 4.79 Å². The molecule has 1 aliphatic heterocycles. The van der Waals surface area contributed by atoms with E-state index >= 15 is 0 Å². The predicted octanol–water partition coefficient (Wildman–Crippen LogP) is 2.60. The Kier molecular flexibility index (Phi) is 4.60. The zero-order chi connectivity index (χ0) is 20.5. The van der Waals surface area contributed by atoms with E-state index in [2.05, 4.69) is 21.1 Å². The Morgan fingerprint density at radius 2 is 2.07 bits per heavy atom. The molecule has 9 heteroatoms. The average molecular weight is 390 g/mol. The van der Waals surface area contributed by atoms with Crippen LogP contribution in [0.1, 0.15) is 29.0 Å². The van der Waals surface area contributed by atoms with Crippen molar-refractivity contribution in [2.75, 3.05) is 19.1 Å². The second-order valence-electron chi connectivity index (χ2n) is 6.50. The lowest BCUT2D eigenvalue weighted by Gasteiger charge is -2.12. The van der Waals surface area contributed by atoms with Gasteiger partial charge in [0, 0.05) is 11.8 Å². The van der Waals surface area contributed by atoms with E-state index in [1.807, 2.05) is 0 Å². The zero-order valence-corrected chi connectivity index (χ0v) is 16.2. The molecule has 0 bridgehead atoms. The maximum Gasteiger partial charge on any atom is 0.260 e. The van der Waals surface area contributed by atoms with Gasteiger partial charge < -0.3 is 9.47 Å². The lowest BCUT2D eigenvalue weighted by Crippen LogP contribution is -2.22. The molecule has 1 atom stereocenters. The number of carbonyl (C=O) groups excluding carboxylic acids is 1. The molecule has 0 radical (unpaired) electrons. The summed E-state index contributed by atoms with van der Waals surface area (Å²) in [4.78, 5) is 23.3. The average Bonchev–Trinajstić information content (AvgIpc) is 3.37. The Balaban J connectivity index is 1.64. The van der Waals surface area contributed by atoms with Crippen molar-refractivity contribution in [2.24, 2.45) is 0 Å². The number of anilines is 1. The predicted molar refractivity (Wildman–Crippen MR) is 104 cm³/mol. The summed E-state index contributed by atoms with van der Waals surface area (Å²) in [6.45, 7) is 2.07. The number of carbonyl (C=O) groups is 1. The first-order valence-corrected chi connectivity index (χ1v) is 8.89. The highest BCUT2D eigenvalue weighted by molar-refractivity contribution is 6.09. The molecular weight excluding hydrogens is 372 g/mol. The Hall–Kier alpha value is -3.93. The van der Waals surface area contributed by atoms with Crippen LogP contribution in [0.3, 0.4) is 0 Å². The number of hydrogen-bond donors (Lipinski definition) is 0. The monoisotopic (exact) mass is 390 g/mol. The third-order valence-electron chi connectivity index (χ3n) is 4.77. The number of rotatable bonds is 5. The molecule has 1 aliphatic rings. The van der Waals surface area contributed by atoms with Crippen LogP contribution in [0.15, 0.2) is 36.8 Å². The molecule has 29 heavy (non-hydrogen) atoms. The Morgan fingerprint density at radius 1 is 1.24 bits per heavy atom. The maximum absolute atomic E-state index is 12.8. The van der Waals surface area contributed by atoms with Crippen molar-refractivity contribution >= 4 is 11.6 Å². The molecule has 4 heterocycles. The second-order valence-corrected chi connectivity index (χ2v) is 6.50. The summed E-state index contributed by atoms with van der Waals surface area (Å²) in [7, 11) is 3.07. The molecule has 0 fully saturated rings. The van der Waals surface area contributed by atoms with Gasteiger partial charge in [-0.2, -0.15) is 10.4 Å². The Labute approximate surface area is 167 Å². The van der Waals surface area contributed by atoms with E-state index in [0.717, 1.165) is 5.56 Å². The van der Waals surface area contributed by atoms with Gasteiger partial charge >= 0.3 is 0 Å². The van der Waals surface area contributed by atoms with Gasteiger partial charge in [-0.1, -0.05) is 0 Å². The highest BCUT2D eigenvalue weighted by Crippen LogP contribution is 2.32. The van der Waals surface area contributed by atoms with Crippen LogP contribution in [0.4, 0.5) is 5.69 Å². The van der Waals surface area contributed by atoms with Crippen molar-refractivity contribution in [3.8, 4) is 29.0 Å². The number of pyridine rings is 2. The molecule has 0 saturated carbocycles. The Bertz CT molecular complexity index is 1130. The minimum absolute atomic E-state index is 0.145. The fourth-order valence-corrected chi connectivity index (χ4v) is 3.16. The first kappa shape index (κ1) is 18.4. The van der Waals surface area contributed by atoms with Crippen LogP contribution in [-0.2, 0) is 6.54 Å². The third kappa shape index (κ3) is 3.14. The van der Waals surface area contributed by atoms with Gasteiger partial charge in [-0.3, -0.25) is 19.4 Å². The fraction of sp³-hybridized carbons (Fsp3) is 0.250. The summed E-state index contributed by atoms with van der Waals surface area (Å²) < 4.78 is 12.0. The van der Waals surface area contributed by atoms with E-state index in [0.29, 0.717) is 40.8 Å². The number of aromatic nitrogens is 4. The number of ether oxygens (including phenoxy) is 2. The molecule has 9 nitrogen and oxygen atoms in total. The van der Waals surface area contributed by atoms with Gasteiger partial charge in [0.05, 0.1) is 61.9 Å².